The van der Waals surface area contributed by atoms with Crippen molar-refractivity contribution in [2.75, 3.05) is 0 Å². The second kappa shape index (κ2) is 18.0. The summed E-state index contributed by atoms with van der Waals surface area (Å²) in [6.07, 6.45) is 10.0. The molecule has 1 aliphatic carbocycles. The van der Waals surface area contributed by atoms with Gasteiger partial charge in [-0.1, -0.05) is 75.9 Å². The van der Waals surface area contributed by atoms with Crippen molar-refractivity contribution in [3.05, 3.63) is 149 Å². The number of benzene rings is 4. The molecule has 0 heterocycles. The van der Waals surface area contributed by atoms with Crippen LogP contribution < -0.4 is 24.8 Å². The van der Waals surface area contributed by atoms with Crippen LogP contribution in [0.3, 0.4) is 0 Å². The first-order valence-electron chi connectivity index (χ1n) is 16.7. The van der Waals surface area contributed by atoms with E-state index in [0.29, 0.717) is 11.8 Å². The summed E-state index contributed by atoms with van der Waals surface area (Å²) in [5, 5.41) is 5.55. The molecule has 0 aliphatic heterocycles. The van der Waals surface area contributed by atoms with Gasteiger partial charge in [-0.3, -0.25) is 6.08 Å². The molecule has 0 amide bonds. The van der Waals surface area contributed by atoms with Crippen molar-refractivity contribution in [1.29, 1.82) is 0 Å². The van der Waals surface area contributed by atoms with Crippen molar-refractivity contribution < 1.29 is 49.0 Å². The first-order chi connectivity index (χ1) is 21.7. The number of allylic oxidation sites excluding steroid dienone is 4. The molecule has 0 N–H and O–H groups in total. The summed E-state index contributed by atoms with van der Waals surface area (Å²) in [6.45, 7) is 22.9. The molecule has 0 spiro atoms. The minimum absolute atomic E-state index is 0. The van der Waals surface area contributed by atoms with Gasteiger partial charge in [-0.2, -0.15) is 6.08 Å². The first-order valence-corrected chi connectivity index (χ1v) is 18.0. The predicted molar refractivity (Wildman–Crippen MR) is 200 cm³/mol. The Bertz CT molecular complexity index is 1700. The number of aryl methyl sites for hydroxylation is 2. The van der Waals surface area contributed by atoms with E-state index in [2.05, 4.69) is 172 Å². The summed E-state index contributed by atoms with van der Waals surface area (Å²) in [5.41, 5.74) is 8.91. The van der Waals surface area contributed by atoms with Crippen LogP contribution in [0.2, 0.25) is 0 Å². The van der Waals surface area contributed by atoms with E-state index in [1.54, 1.807) is 27.4 Å². The molecule has 0 aromatic heterocycles. The second-order valence-corrected chi connectivity index (χ2v) is 16.3. The number of hydrogen-bond acceptors (Lipinski definition) is 0. The molecule has 3 heteroatoms. The normalized spacial score (nSPS) is 13.4. The first kappa shape index (κ1) is 41.7. The number of rotatable bonds is 4. The van der Waals surface area contributed by atoms with Crippen LogP contribution in [0.4, 0.5) is 0 Å². The standard InChI is InChI=1S/C23H29.C17H18.C5H5.2ClH.Zr/c1-14-9-16-11-17-10-15(2)21(23(6,7)8)13-19(17)18(16)12-20(14)22(3,4)5;1-14(16-9-5-3-6-10-16)13-15(2)17-11-7-4-8-12-17;1-2-4-5-3-1;;;/h9-13H,1-8H3;3-12,14-15H,1-2H3;1-3H,4H2;2*1H;/q-1;;-1;;;+2/p-2. The van der Waals surface area contributed by atoms with Gasteiger partial charge in [0.25, 0.3) is 0 Å². The smallest absolute Gasteiger partial charge is 0.0142 e. The van der Waals surface area contributed by atoms with E-state index in [0.717, 1.165) is 6.42 Å². The van der Waals surface area contributed by atoms with Gasteiger partial charge in [0.2, 0.25) is 0 Å². The third kappa shape index (κ3) is 10.5. The van der Waals surface area contributed by atoms with Gasteiger partial charge in [0.15, 0.2) is 0 Å². The fourth-order valence-electron chi connectivity index (χ4n) is 6.51. The van der Waals surface area contributed by atoms with Crippen molar-refractivity contribution in [3.63, 3.8) is 0 Å². The van der Waals surface area contributed by atoms with Crippen LogP contribution in [0.1, 0.15) is 107 Å². The Hall–Kier alpha value is -2.44. The van der Waals surface area contributed by atoms with Gasteiger partial charge < -0.3 is 24.8 Å². The van der Waals surface area contributed by atoms with E-state index in [1.807, 2.05) is 12.2 Å². The van der Waals surface area contributed by atoms with E-state index >= 15 is 0 Å². The Kier molecular flexibility index (Phi) is 15.6. The van der Waals surface area contributed by atoms with Gasteiger partial charge in [-0.15, -0.1) is 46.2 Å². The maximum Gasteiger partial charge on any atom is -0.0142 e. The third-order valence-corrected chi connectivity index (χ3v) is 11.3. The van der Waals surface area contributed by atoms with Crippen LogP contribution in [0, 0.1) is 19.9 Å². The molecule has 2 atom stereocenters. The van der Waals surface area contributed by atoms with E-state index in [9.17, 15) is 0 Å². The largest absolute Gasteiger partial charge is 1.00 e. The minimum atomic E-state index is 0. The molecule has 5 aromatic rings. The molecule has 0 bridgehead atoms. The fourth-order valence-corrected chi connectivity index (χ4v) is 7.33. The summed E-state index contributed by atoms with van der Waals surface area (Å²) in [5.74, 6) is 1.08. The average molecular weight is 755 g/mol. The maximum absolute atomic E-state index is 2.99. The molecule has 5 aromatic carbocycles. The molecule has 48 heavy (non-hydrogen) atoms. The Labute approximate surface area is 318 Å². The summed E-state index contributed by atoms with van der Waals surface area (Å²) in [4.78, 5) is 0. The molecule has 0 radical (unpaired) electrons. The quantitative estimate of drug-likeness (QED) is 0.183. The predicted octanol–water partition coefficient (Wildman–Crippen LogP) is 6.55. The van der Waals surface area contributed by atoms with Crippen LogP contribution in [-0.4, -0.2) is 3.21 Å². The van der Waals surface area contributed by atoms with Crippen molar-refractivity contribution in [2.45, 2.75) is 98.3 Å². The Balaban J connectivity index is 0.000000286. The SMILES string of the molecule is CC([C](=[Zr+2])C(C)c1ccccc1)c1ccccc1.Cc1cc2[cH-]c3cc(C)c(C(C)(C)C)cc3c2cc1C(C)(C)C.[C-]1=CC=CC1.[Cl-].[Cl-]. The van der Waals surface area contributed by atoms with Gasteiger partial charge in [-0.05, 0) is 24.7 Å². The van der Waals surface area contributed by atoms with Crippen molar-refractivity contribution in [1.82, 2.24) is 0 Å². The number of fused-ring (bicyclic) bond motifs is 3. The average Bonchev–Trinajstić information content (AvgIpc) is 3.71. The molecular weight excluding hydrogens is 703 g/mol. The van der Waals surface area contributed by atoms with Crippen LogP contribution in [0.5, 0.6) is 0 Å². The number of hydrogen-bond donors (Lipinski definition) is 0. The monoisotopic (exact) mass is 752 g/mol. The Morgan fingerprint density at radius 3 is 1.35 bits per heavy atom. The van der Waals surface area contributed by atoms with Crippen molar-refractivity contribution in [2.24, 2.45) is 0 Å². The maximum atomic E-state index is 2.99. The third-order valence-electron chi connectivity index (χ3n) is 9.13. The summed E-state index contributed by atoms with van der Waals surface area (Å²) in [7, 11) is 0. The van der Waals surface area contributed by atoms with Crippen LogP contribution >= 0.6 is 0 Å². The molecule has 252 valence electrons. The van der Waals surface area contributed by atoms with Crippen LogP contribution in [-0.2, 0) is 35.1 Å². The Morgan fingerprint density at radius 2 is 1.06 bits per heavy atom. The van der Waals surface area contributed by atoms with E-state index in [1.165, 1.54) is 54.9 Å². The fraction of sp³-hybridized carbons (Fsp3) is 0.333. The molecule has 0 saturated heterocycles. The summed E-state index contributed by atoms with van der Waals surface area (Å²) < 4.78 is 1.61. The van der Waals surface area contributed by atoms with Gasteiger partial charge in [0.05, 0.1) is 0 Å². The van der Waals surface area contributed by atoms with Crippen molar-refractivity contribution >= 4 is 24.8 Å². The Morgan fingerprint density at radius 1 is 0.667 bits per heavy atom. The molecule has 2 unspecified atom stereocenters. The zero-order valence-corrected chi connectivity index (χ0v) is 34.5. The summed E-state index contributed by atoms with van der Waals surface area (Å²) in [6, 6.07) is 33.5. The van der Waals surface area contributed by atoms with E-state index in [4.69, 9.17) is 0 Å². The molecule has 0 fully saturated rings. The van der Waals surface area contributed by atoms with Gasteiger partial charge in [-0.25, -0.2) is 12.2 Å². The zero-order valence-electron chi connectivity index (χ0n) is 30.5. The van der Waals surface area contributed by atoms with Crippen LogP contribution in [0.25, 0.3) is 21.5 Å². The van der Waals surface area contributed by atoms with Crippen molar-refractivity contribution in [3.8, 4) is 0 Å². The van der Waals surface area contributed by atoms with Gasteiger partial charge >= 0.3 is 125 Å². The molecule has 0 saturated carbocycles. The summed E-state index contributed by atoms with van der Waals surface area (Å²) >= 11 is 1.54. The van der Waals surface area contributed by atoms with Gasteiger partial charge in [0, 0.05) is 0 Å². The molecule has 0 nitrogen and oxygen atoms in total. The van der Waals surface area contributed by atoms with Crippen LogP contribution in [0.15, 0.2) is 109 Å². The van der Waals surface area contributed by atoms with E-state index in [-0.39, 0.29) is 35.6 Å². The molecule has 6 rings (SSSR count). The number of halogens is 2. The topological polar surface area (TPSA) is 0 Å². The van der Waals surface area contributed by atoms with Gasteiger partial charge in [0.1, 0.15) is 0 Å². The second-order valence-electron chi connectivity index (χ2n) is 14.9. The molecule has 1 aliphatic rings. The van der Waals surface area contributed by atoms with E-state index < -0.39 is 0 Å². The molecular formula is C45H52Cl2Zr-2. The zero-order chi connectivity index (χ0) is 33.6. The minimum Gasteiger partial charge on any atom is -1.00 e.